The third kappa shape index (κ3) is 6.20. The molecule has 7 nitrogen and oxygen atoms in total. The highest BCUT2D eigenvalue weighted by molar-refractivity contribution is 7.57. The van der Waals surface area contributed by atoms with E-state index >= 15 is 0 Å². The van der Waals surface area contributed by atoms with Gasteiger partial charge in [-0.2, -0.15) is 0 Å². The van der Waals surface area contributed by atoms with Gasteiger partial charge in [-0.05, 0) is 17.2 Å². The van der Waals surface area contributed by atoms with Crippen LogP contribution in [-0.2, 0) is 27.0 Å². The second-order valence-electron chi connectivity index (χ2n) is 6.95. The van der Waals surface area contributed by atoms with E-state index in [2.05, 4.69) is 10.4 Å². The van der Waals surface area contributed by atoms with Gasteiger partial charge in [0.1, 0.15) is 12.4 Å². The van der Waals surface area contributed by atoms with E-state index in [1.807, 2.05) is 60.7 Å². The first kappa shape index (κ1) is 23.5. The molecule has 0 radical (unpaired) electrons. The second kappa shape index (κ2) is 11.5. The highest BCUT2D eigenvalue weighted by Crippen LogP contribution is 2.56. The smallest absolute Gasteiger partial charge is 0.408 e. The molecule has 0 saturated carbocycles. The minimum atomic E-state index is -3.63. The summed E-state index contributed by atoms with van der Waals surface area (Å²) in [5.41, 5.74) is 2.28. The molecule has 3 aromatic carbocycles. The van der Waals surface area contributed by atoms with Crippen molar-refractivity contribution in [2.45, 2.75) is 18.9 Å². The molecule has 2 N–H and O–H groups in total. The van der Waals surface area contributed by atoms with Crippen LogP contribution in [0.3, 0.4) is 0 Å². The molecule has 0 bridgehead atoms. The number of rotatable bonds is 10. The molecule has 0 aliphatic rings. The Hall–Kier alpha value is -3.12. The summed E-state index contributed by atoms with van der Waals surface area (Å²) in [6.45, 7) is 0.373. The topological polar surface area (TPSA) is 85.9 Å². The fourth-order valence-electron chi connectivity index (χ4n) is 3.17. The Kier molecular flexibility index (Phi) is 8.45. The number of nitrogens with one attached hydrogen (secondary N) is 2. The average Bonchev–Trinajstić information content (AvgIpc) is 2.86. The Labute approximate surface area is 188 Å². The molecule has 0 aromatic heterocycles. The molecule has 0 aliphatic carbocycles. The van der Waals surface area contributed by atoms with Crippen molar-refractivity contribution in [3.63, 3.8) is 0 Å². The first-order chi connectivity index (χ1) is 15.6. The van der Waals surface area contributed by atoms with Crippen molar-refractivity contribution in [2.75, 3.05) is 14.2 Å². The van der Waals surface area contributed by atoms with Crippen LogP contribution in [0.25, 0.3) is 0 Å². The van der Waals surface area contributed by atoms with Crippen LogP contribution in [0.1, 0.15) is 22.5 Å². The number of hydrogen-bond donors (Lipinski definition) is 2. The third-order valence-electron chi connectivity index (χ3n) is 4.86. The number of methoxy groups -OCH3 is 1. The Morgan fingerprint density at radius 2 is 1.47 bits per heavy atom. The van der Waals surface area contributed by atoms with Gasteiger partial charge in [0, 0.05) is 19.2 Å². The van der Waals surface area contributed by atoms with Gasteiger partial charge in [-0.15, -0.1) is 0 Å². The van der Waals surface area contributed by atoms with E-state index in [-0.39, 0.29) is 6.61 Å². The summed E-state index contributed by atoms with van der Waals surface area (Å²) in [4.78, 5) is 12.7. The van der Waals surface area contributed by atoms with E-state index in [0.29, 0.717) is 17.9 Å². The lowest BCUT2D eigenvalue weighted by Crippen LogP contribution is -2.33. The minimum absolute atomic E-state index is 0.0834. The molecule has 0 aliphatic heterocycles. The number of ether oxygens (including phenoxy) is 2. The molecule has 0 saturated heterocycles. The van der Waals surface area contributed by atoms with E-state index < -0.39 is 19.4 Å². The lowest BCUT2D eigenvalue weighted by Gasteiger charge is -2.28. The van der Waals surface area contributed by atoms with E-state index in [1.54, 1.807) is 24.3 Å². The standard InChI is InChI=1S/C24H27N2O5P/c1-29-22-16-10-9-15-21(22)23(26-24(27)31-18-20-13-7-4-8-14-20)32(28,30-2)25-17-19-11-5-3-6-12-19/h3-16,23H,17-18H2,1-2H3,(H,25,28)(H,26,27). The van der Waals surface area contributed by atoms with Crippen LogP contribution >= 0.6 is 7.52 Å². The number of amides is 1. The summed E-state index contributed by atoms with van der Waals surface area (Å²) >= 11 is 0. The van der Waals surface area contributed by atoms with Gasteiger partial charge in [-0.1, -0.05) is 78.9 Å². The van der Waals surface area contributed by atoms with Crippen molar-refractivity contribution in [1.29, 1.82) is 0 Å². The first-order valence-electron chi connectivity index (χ1n) is 10.1. The zero-order chi connectivity index (χ0) is 22.8. The number of alkyl carbamates (subject to hydrolysis) is 1. The fraction of sp³-hybridized carbons (Fsp3) is 0.208. The van der Waals surface area contributed by atoms with Gasteiger partial charge < -0.3 is 19.3 Å². The lowest BCUT2D eigenvalue weighted by atomic mass is 10.2. The van der Waals surface area contributed by atoms with Crippen LogP contribution in [0, 0.1) is 0 Å². The van der Waals surface area contributed by atoms with Crippen molar-refractivity contribution in [3.8, 4) is 5.75 Å². The van der Waals surface area contributed by atoms with Crippen molar-refractivity contribution in [1.82, 2.24) is 10.4 Å². The molecule has 0 fully saturated rings. The van der Waals surface area contributed by atoms with Crippen LogP contribution in [0.5, 0.6) is 5.75 Å². The van der Waals surface area contributed by atoms with Crippen LogP contribution in [0.15, 0.2) is 84.9 Å². The van der Waals surface area contributed by atoms with Crippen molar-refractivity contribution in [3.05, 3.63) is 102 Å². The van der Waals surface area contributed by atoms with E-state index in [4.69, 9.17) is 14.0 Å². The van der Waals surface area contributed by atoms with Gasteiger partial charge in [0.05, 0.1) is 7.11 Å². The van der Waals surface area contributed by atoms with Crippen molar-refractivity contribution < 1.29 is 23.4 Å². The summed E-state index contributed by atoms with van der Waals surface area (Å²) < 4.78 is 30.1. The summed E-state index contributed by atoms with van der Waals surface area (Å²) in [6.07, 6.45) is -0.719. The van der Waals surface area contributed by atoms with E-state index in [1.165, 1.54) is 14.2 Å². The van der Waals surface area contributed by atoms with Gasteiger partial charge in [0.15, 0.2) is 5.78 Å². The maximum atomic E-state index is 13.9. The van der Waals surface area contributed by atoms with Crippen molar-refractivity contribution in [2.24, 2.45) is 0 Å². The predicted molar refractivity (Wildman–Crippen MR) is 123 cm³/mol. The molecule has 3 rings (SSSR count). The quantitative estimate of drug-likeness (QED) is 0.407. The zero-order valence-corrected chi connectivity index (χ0v) is 19.0. The van der Waals surface area contributed by atoms with Crippen LogP contribution in [0.4, 0.5) is 4.79 Å². The molecular formula is C24H27N2O5P. The van der Waals surface area contributed by atoms with Gasteiger partial charge in [0.2, 0.25) is 0 Å². The number of hydrogen-bond acceptors (Lipinski definition) is 5. The SMILES string of the molecule is COc1ccccc1C(NC(=O)OCc1ccccc1)P(=O)(NCc1ccccc1)OC. The van der Waals surface area contributed by atoms with Gasteiger partial charge in [-0.3, -0.25) is 4.57 Å². The third-order valence-corrected chi connectivity index (χ3v) is 7.09. The number of benzene rings is 3. The monoisotopic (exact) mass is 454 g/mol. The van der Waals surface area contributed by atoms with Gasteiger partial charge in [-0.25, -0.2) is 9.88 Å². The lowest BCUT2D eigenvalue weighted by molar-refractivity contribution is 0.137. The van der Waals surface area contributed by atoms with Crippen molar-refractivity contribution >= 4 is 13.6 Å². The summed E-state index contributed by atoms with van der Waals surface area (Å²) in [6, 6.07) is 25.9. The zero-order valence-electron chi connectivity index (χ0n) is 18.1. The molecule has 1 amide bonds. The van der Waals surface area contributed by atoms with Crippen LogP contribution < -0.4 is 15.1 Å². The molecule has 2 atom stereocenters. The highest BCUT2D eigenvalue weighted by Gasteiger charge is 2.38. The van der Waals surface area contributed by atoms with Crippen LogP contribution in [0.2, 0.25) is 0 Å². The summed E-state index contributed by atoms with van der Waals surface area (Å²) in [5, 5.41) is 5.71. The Morgan fingerprint density at radius 3 is 2.09 bits per heavy atom. The molecule has 0 spiro atoms. The average molecular weight is 454 g/mol. The number of para-hydroxylation sites is 1. The maximum absolute atomic E-state index is 13.9. The summed E-state index contributed by atoms with van der Waals surface area (Å²) in [7, 11) is -0.771. The number of carbonyl (C=O) groups is 1. The van der Waals surface area contributed by atoms with Crippen LogP contribution in [-0.4, -0.2) is 20.3 Å². The molecule has 2 unspecified atom stereocenters. The Bertz CT molecular complexity index is 1050. The first-order valence-corrected chi connectivity index (χ1v) is 11.8. The maximum Gasteiger partial charge on any atom is 0.408 e. The highest BCUT2D eigenvalue weighted by atomic mass is 31.2. The minimum Gasteiger partial charge on any atom is -0.496 e. The molecule has 168 valence electrons. The number of carbonyl (C=O) groups excluding carboxylic acids is 1. The predicted octanol–water partition coefficient (Wildman–Crippen LogP) is 5.25. The second-order valence-corrected chi connectivity index (χ2v) is 9.34. The fourth-order valence-corrected chi connectivity index (χ4v) is 4.95. The van der Waals surface area contributed by atoms with E-state index in [9.17, 15) is 9.36 Å². The molecule has 8 heteroatoms. The molecular weight excluding hydrogens is 427 g/mol. The normalized spacial score (nSPS) is 13.6. The summed E-state index contributed by atoms with van der Waals surface area (Å²) in [5.74, 6) is -0.560. The largest absolute Gasteiger partial charge is 0.496 e. The van der Waals surface area contributed by atoms with Gasteiger partial charge in [0.25, 0.3) is 7.52 Å². The molecule has 0 heterocycles. The van der Waals surface area contributed by atoms with E-state index in [0.717, 1.165) is 11.1 Å². The molecule has 3 aromatic rings. The molecule has 32 heavy (non-hydrogen) atoms. The Balaban J connectivity index is 1.83. The van der Waals surface area contributed by atoms with Gasteiger partial charge >= 0.3 is 6.09 Å². The Morgan fingerprint density at radius 1 is 0.875 bits per heavy atom.